The van der Waals surface area contributed by atoms with E-state index in [1.54, 1.807) is 0 Å². The minimum Gasteiger partial charge on any atom is -0.393 e. The van der Waals surface area contributed by atoms with Crippen molar-refractivity contribution in [2.75, 3.05) is 0 Å². The number of rotatable bonds is 11. The third kappa shape index (κ3) is 14.2. The highest BCUT2D eigenvalue weighted by Crippen LogP contribution is 2.22. The number of carbonyl (C=O) groups is 3. The number of esters is 2. The van der Waals surface area contributed by atoms with Gasteiger partial charge in [-0.15, -0.1) is 0 Å². The van der Waals surface area contributed by atoms with E-state index in [2.05, 4.69) is 11.7 Å². The van der Waals surface area contributed by atoms with Crippen LogP contribution in [-0.4, -0.2) is 17.7 Å². The topological polar surface area (TPSA) is 60.4 Å². The standard InChI is InChI=1S/C16H28O3.C3H6O/c1-2-3-4-5-6-7-8-9-10-11-12-14-13-15(17)19-16(14)18;1-3(2)4/h14H,2-13H2,1H3;1-2H3. The predicted octanol–water partition coefficient (Wildman–Crippen LogP) is 4.98. The Labute approximate surface area is 141 Å². The van der Waals surface area contributed by atoms with Gasteiger partial charge in [-0.2, -0.15) is 0 Å². The molecule has 1 aliphatic heterocycles. The Morgan fingerprint density at radius 3 is 1.74 bits per heavy atom. The van der Waals surface area contributed by atoms with Gasteiger partial charge in [-0.25, -0.2) is 0 Å². The molecule has 1 aliphatic rings. The summed E-state index contributed by atoms with van der Waals surface area (Å²) in [6, 6.07) is 0. The first kappa shape index (κ1) is 21.8. The molecule has 1 rings (SSSR count). The van der Waals surface area contributed by atoms with Crippen LogP contribution in [-0.2, 0) is 19.1 Å². The van der Waals surface area contributed by atoms with Gasteiger partial charge in [-0.1, -0.05) is 71.1 Å². The lowest BCUT2D eigenvalue weighted by Gasteiger charge is -2.04. The van der Waals surface area contributed by atoms with Gasteiger partial charge in [0.1, 0.15) is 5.78 Å². The molecule has 0 saturated carbocycles. The molecule has 0 aromatic carbocycles. The van der Waals surface area contributed by atoms with Crippen molar-refractivity contribution in [2.24, 2.45) is 5.92 Å². The van der Waals surface area contributed by atoms with Crippen molar-refractivity contribution < 1.29 is 19.1 Å². The molecule has 1 atom stereocenters. The number of cyclic esters (lactones) is 2. The van der Waals surface area contributed by atoms with E-state index in [0.717, 1.165) is 12.8 Å². The maximum absolute atomic E-state index is 11.2. The minimum absolute atomic E-state index is 0.151. The van der Waals surface area contributed by atoms with Gasteiger partial charge in [0.25, 0.3) is 0 Å². The quantitative estimate of drug-likeness (QED) is 0.305. The van der Waals surface area contributed by atoms with Crippen LogP contribution in [0.25, 0.3) is 0 Å². The first-order valence-corrected chi connectivity index (χ1v) is 9.19. The summed E-state index contributed by atoms with van der Waals surface area (Å²) < 4.78 is 4.54. The summed E-state index contributed by atoms with van der Waals surface area (Å²) in [5.41, 5.74) is 0. The average Bonchev–Trinajstić information content (AvgIpc) is 2.78. The molecular formula is C19H34O4. The van der Waals surface area contributed by atoms with Crippen LogP contribution in [0, 0.1) is 5.92 Å². The van der Waals surface area contributed by atoms with E-state index >= 15 is 0 Å². The monoisotopic (exact) mass is 326 g/mol. The van der Waals surface area contributed by atoms with Gasteiger partial charge in [0, 0.05) is 0 Å². The van der Waals surface area contributed by atoms with E-state index in [-0.39, 0.29) is 23.6 Å². The number of ketones is 1. The molecule has 0 bridgehead atoms. The second-order valence-corrected chi connectivity index (χ2v) is 6.57. The summed E-state index contributed by atoms with van der Waals surface area (Å²) in [6.45, 7) is 5.30. The van der Waals surface area contributed by atoms with Crippen molar-refractivity contribution in [3.05, 3.63) is 0 Å². The molecule has 1 heterocycles. The van der Waals surface area contributed by atoms with Gasteiger partial charge in [0.2, 0.25) is 0 Å². The molecule has 134 valence electrons. The van der Waals surface area contributed by atoms with E-state index in [0.29, 0.717) is 6.42 Å². The first-order valence-electron chi connectivity index (χ1n) is 9.19. The molecule has 0 aliphatic carbocycles. The third-order valence-corrected chi connectivity index (χ3v) is 3.87. The third-order valence-electron chi connectivity index (χ3n) is 3.87. The second kappa shape index (κ2) is 14.4. The molecule has 0 N–H and O–H groups in total. The van der Waals surface area contributed by atoms with Crippen LogP contribution < -0.4 is 0 Å². The van der Waals surface area contributed by atoms with Crippen LogP contribution in [0.5, 0.6) is 0 Å². The van der Waals surface area contributed by atoms with Gasteiger partial charge in [-0.05, 0) is 20.3 Å². The molecule has 0 radical (unpaired) electrons. The number of ether oxygens (including phenoxy) is 1. The number of hydrogen-bond acceptors (Lipinski definition) is 4. The Kier molecular flexibility index (Phi) is 13.7. The molecule has 1 unspecified atom stereocenters. The highest BCUT2D eigenvalue weighted by molar-refractivity contribution is 5.94. The number of hydrogen-bond donors (Lipinski definition) is 0. The van der Waals surface area contributed by atoms with Gasteiger partial charge < -0.3 is 9.53 Å². The van der Waals surface area contributed by atoms with E-state index in [1.807, 2.05) is 0 Å². The molecule has 23 heavy (non-hydrogen) atoms. The SMILES string of the molecule is CC(C)=O.CCCCCCCCCCCCC1CC(=O)OC1=O. The fourth-order valence-corrected chi connectivity index (χ4v) is 2.62. The zero-order valence-corrected chi connectivity index (χ0v) is 15.2. The maximum Gasteiger partial charge on any atom is 0.317 e. The number of Topliss-reactive ketones (excluding diaryl/α,β-unsaturated/α-hetero) is 1. The summed E-state index contributed by atoms with van der Waals surface area (Å²) in [5, 5.41) is 0. The Bertz CT molecular complexity index is 345. The van der Waals surface area contributed by atoms with Gasteiger partial charge in [-0.3, -0.25) is 9.59 Å². The molecule has 1 fully saturated rings. The Morgan fingerprint density at radius 1 is 0.913 bits per heavy atom. The normalized spacial score (nSPS) is 16.7. The van der Waals surface area contributed by atoms with Crippen LogP contribution >= 0.6 is 0 Å². The predicted molar refractivity (Wildman–Crippen MR) is 92.0 cm³/mol. The lowest BCUT2D eigenvalue weighted by atomic mass is 9.99. The summed E-state index contributed by atoms with van der Waals surface area (Å²) in [7, 11) is 0. The van der Waals surface area contributed by atoms with Crippen LogP contribution in [0.2, 0.25) is 0 Å². The molecule has 4 nitrogen and oxygen atoms in total. The van der Waals surface area contributed by atoms with E-state index in [4.69, 9.17) is 0 Å². The average molecular weight is 326 g/mol. The Balaban J connectivity index is 0.00000108. The van der Waals surface area contributed by atoms with E-state index in [9.17, 15) is 14.4 Å². The van der Waals surface area contributed by atoms with Crippen molar-refractivity contribution >= 4 is 17.7 Å². The molecule has 1 saturated heterocycles. The van der Waals surface area contributed by atoms with Crippen molar-refractivity contribution in [3.63, 3.8) is 0 Å². The summed E-state index contributed by atoms with van der Waals surface area (Å²) in [4.78, 5) is 31.6. The van der Waals surface area contributed by atoms with Gasteiger partial charge in [0.05, 0.1) is 12.3 Å². The molecule has 0 spiro atoms. The summed E-state index contributed by atoms with van der Waals surface area (Å²) in [5.74, 6) is -0.635. The van der Waals surface area contributed by atoms with Crippen molar-refractivity contribution in [3.8, 4) is 0 Å². The van der Waals surface area contributed by atoms with Crippen molar-refractivity contribution in [2.45, 2.75) is 97.8 Å². The lowest BCUT2D eigenvalue weighted by molar-refractivity contribution is -0.153. The van der Waals surface area contributed by atoms with Crippen LogP contribution in [0.1, 0.15) is 97.8 Å². The van der Waals surface area contributed by atoms with Gasteiger partial charge >= 0.3 is 11.9 Å². The largest absolute Gasteiger partial charge is 0.393 e. The van der Waals surface area contributed by atoms with Crippen LogP contribution in [0.4, 0.5) is 0 Å². The summed E-state index contributed by atoms with van der Waals surface area (Å²) in [6.07, 6.45) is 14.1. The van der Waals surface area contributed by atoms with Crippen molar-refractivity contribution in [1.82, 2.24) is 0 Å². The van der Waals surface area contributed by atoms with E-state index < -0.39 is 0 Å². The van der Waals surface area contributed by atoms with Gasteiger partial charge in [0.15, 0.2) is 0 Å². The lowest BCUT2D eigenvalue weighted by Crippen LogP contribution is -2.06. The van der Waals surface area contributed by atoms with Crippen molar-refractivity contribution in [1.29, 1.82) is 0 Å². The Hall–Kier alpha value is -1.19. The van der Waals surface area contributed by atoms with E-state index in [1.165, 1.54) is 71.6 Å². The van der Waals surface area contributed by atoms with Crippen LogP contribution in [0.3, 0.4) is 0 Å². The minimum atomic E-state index is -0.345. The molecular weight excluding hydrogens is 292 g/mol. The summed E-state index contributed by atoms with van der Waals surface area (Å²) >= 11 is 0. The smallest absolute Gasteiger partial charge is 0.317 e. The highest BCUT2D eigenvalue weighted by Gasteiger charge is 2.32. The first-order chi connectivity index (χ1) is 11.0. The second-order valence-electron chi connectivity index (χ2n) is 6.57. The zero-order chi connectivity index (χ0) is 17.5. The fraction of sp³-hybridized carbons (Fsp3) is 0.842. The molecule has 0 amide bonds. The molecule has 4 heteroatoms. The van der Waals surface area contributed by atoms with Crippen LogP contribution in [0.15, 0.2) is 0 Å². The fourth-order valence-electron chi connectivity index (χ4n) is 2.62. The number of unbranched alkanes of at least 4 members (excludes halogenated alkanes) is 9. The highest BCUT2D eigenvalue weighted by atomic mass is 16.6. The molecule has 0 aromatic heterocycles. The Morgan fingerprint density at radius 2 is 1.35 bits per heavy atom. The number of carbonyl (C=O) groups excluding carboxylic acids is 3. The molecule has 0 aromatic rings. The zero-order valence-electron chi connectivity index (χ0n) is 15.2. The maximum atomic E-state index is 11.2.